The fraction of sp³-hybridized carbons (Fsp3) is 0.444. The second kappa shape index (κ2) is 5.49. The third-order valence-corrected chi connectivity index (χ3v) is 5.14. The topological polar surface area (TPSA) is 45.7 Å². The van der Waals surface area contributed by atoms with Crippen LogP contribution in [0.3, 0.4) is 0 Å². The van der Waals surface area contributed by atoms with E-state index < -0.39 is 0 Å². The molecule has 0 radical (unpaired) electrons. The highest BCUT2D eigenvalue weighted by atomic mass is 16.6. The van der Waals surface area contributed by atoms with Gasteiger partial charge in [-0.3, -0.25) is 4.98 Å². The zero-order valence-electron chi connectivity index (χ0n) is 13.4. The third-order valence-electron chi connectivity index (χ3n) is 5.14. The molecule has 2 aliphatic rings. The predicted octanol–water partition coefficient (Wildman–Crippen LogP) is 2.76. The molecule has 5 heteroatoms. The fourth-order valence-corrected chi connectivity index (χ4v) is 3.58. The van der Waals surface area contributed by atoms with E-state index in [1.165, 1.54) is 12.8 Å². The van der Waals surface area contributed by atoms with Crippen LogP contribution in [0.1, 0.15) is 12.8 Å². The van der Waals surface area contributed by atoms with Gasteiger partial charge >= 0.3 is 6.09 Å². The average Bonchev–Trinajstić information content (AvgIpc) is 2.53. The highest BCUT2D eigenvalue weighted by molar-refractivity contribution is 5.81. The summed E-state index contributed by atoms with van der Waals surface area (Å²) in [7, 11) is 2.16. The summed E-state index contributed by atoms with van der Waals surface area (Å²) in [5.74, 6) is 0.561. The molecule has 3 heterocycles. The molecule has 2 aliphatic heterocycles. The van der Waals surface area contributed by atoms with E-state index >= 15 is 0 Å². The Hall–Kier alpha value is -2.14. The molecule has 0 N–H and O–H groups in total. The van der Waals surface area contributed by atoms with Crippen molar-refractivity contribution in [2.24, 2.45) is 5.41 Å². The number of hydrogen-bond donors (Lipinski definition) is 0. The number of carbonyl (C=O) groups excluding carboxylic acids is 1. The van der Waals surface area contributed by atoms with E-state index in [2.05, 4.69) is 16.9 Å². The fourth-order valence-electron chi connectivity index (χ4n) is 3.58. The van der Waals surface area contributed by atoms with Crippen molar-refractivity contribution < 1.29 is 9.53 Å². The predicted molar refractivity (Wildman–Crippen MR) is 88.5 cm³/mol. The largest absolute Gasteiger partial charge is 0.415 e. The van der Waals surface area contributed by atoms with Gasteiger partial charge in [0, 0.05) is 36.2 Å². The Morgan fingerprint density at radius 3 is 2.78 bits per heavy atom. The van der Waals surface area contributed by atoms with Crippen LogP contribution in [0.15, 0.2) is 36.5 Å². The third kappa shape index (κ3) is 2.77. The van der Waals surface area contributed by atoms with E-state index in [-0.39, 0.29) is 6.09 Å². The molecule has 1 amide bonds. The van der Waals surface area contributed by atoms with E-state index in [0.717, 1.165) is 37.1 Å². The Morgan fingerprint density at radius 1 is 1.22 bits per heavy atom. The number of ether oxygens (including phenoxy) is 1. The molecule has 0 atom stereocenters. The molecule has 0 unspecified atom stereocenters. The van der Waals surface area contributed by atoms with Gasteiger partial charge in [0.25, 0.3) is 0 Å². The number of benzene rings is 1. The molecular weight excluding hydrogens is 290 g/mol. The van der Waals surface area contributed by atoms with Gasteiger partial charge in [-0.2, -0.15) is 0 Å². The summed E-state index contributed by atoms with van der Waals surface area (Å²) in [5.41, 5.74) is 1.17. The molecule has 0 bridgehead atoms. The smallest absolute Gasteiger partial charge is 0.410 e. The SMILES string of the molecule is CN1CCC2(CC1)CN(C(=O)Oc1ccc3cccnc3c1)C2. The van der Waals surface area contributed by atoms with E-state index in [1.54, 1.807) is 6.20 Å². The standard InChI is InChI=1S/C18H21N3O2/c1-20-9-6-18(7-10-20)12-21(13-18)17(22)23-15-5-4-14-3-2-8-19-16(14)11-15/h2-5,8,11H,6-7,9-10,12-13H2,1H3. The number of fused-ring (bicyclic) bond motifs is 1. The number of piperidine rings is 1. The molecule has 2 aromatic rings. The minimum Gasteiger partial charge on any atom is -0.410 e. The van der Waals surface area contributed by atoms with E-state index in [4.69, 9.17) is 4.74 Å². The molecule has 2 fully saturated rings. The maximum Gasteiger partial charge on any atom is 0.415 e. The second-order valence-corrected chi connectivity index (χ2v) is 6.89. The minimum atomic E-state index is -0.246. The molecule has 1 spiro atoms. The number of nitrogens with zero attached hydrogens (tertiary/aromatic N) is 3. The number of hydrogen-bond acceptors (Lipinski definition) is 4. The lowest BCUT2D eigenvalue weighted by atomic mass is 9.72. The maximum atomic E-state index is 12.3. The molecule has 1 aromatic carbocycles. The van der Waals surface area contributed by atoms with Gasteiger partial charge in [0.15, 0.2) is 0 Å². The van der Waals surface area contributed by atoms with Gasteiger partial charge in [0.1, 0.15) is 5.75 Å². The van der Waals surface area contributed by atoms with Gasteiger partial charge in [0.2, 0.25) is 0 Å². The average molecular weight is 311 g/mol. The molecular formula is C18H21N3O2. The van der Waals surface area contributed by atoms with Gasteiger partial charge in [-0.05, 0) is 51.2 Å². The quantitative estimate of drug-likeness (QED) is 0.812. The van der Waals surface area contributed by atoms with Crippen LogP contribution in [0.2, 0.25) is 0 Å². The molecule has 0 aliphatic carbocycles. The monoisotopic (exact) mass is 311 g/mol. The lowest BCUT2D eigenvalue weighted by Crippen LogP contribution is -2.62. The van der Waals surface area contributed by atoms with Crippen molar-refractivity contribution in [2.45, 2.75) is 12.8 Å². The van der Waals surface area contributed by atoms with E-state index in [1.807, 2.05) is 35.2 Å². The van der Waals surface area contributed by atoms with E-state index in [9.17, 15) is 4.79 Å². The van der Waals surface area contributed by atoms with Crippen LogP contribution in [-0.2, 0) is 0 Å². The van der Waals surface area contributed by atoms with Crippen molar-refractivity contribution in [1.29, 1.82) is 0 Å². The minimum absolute atomic E-state index is 0.246. The van der Waals surface area contributed by atoms with Crippen LogP contribution in [0.25, 0.3) is 10.9 Å². The van der Waals surface area contributed by atoms with Crippen LogP contribution in [0, 0.1) is 5.41 Å². The van der Waals surface area contributed by atoms with Gasteiger partial charge in [0.05, 0.1) is 5.52 Å². The van der Waals surface area contributed by atoms with Crippen molar-refractivity contribution in [3.8, 4) is 5.75 Å². The molecule has 0 saturated carbocycles. The van der Waals surface area contributed by atoms with Crippen LogP contribution >= 0.6 is 0 Å². The molecule has 1 aromatic heterocycles. The first-order valence-corrected chi connectivity index (χ1v) is 8.14. The molecule has 23 heavy (non-hydrogen) atoms. The Kier molecular flexibility index (Phi) is 3.45. The first-order chi connectivity index (χ1) is 11.1. The van der Waals surface area contributed by atoms with E-state index in [0.29, 0.717) is 11.2 Å². The van der Waals surface area contributed by atoms with Crippen LogP contribution < -0.4 is 4.74 Å². The van der Waals surface area contributed by atoms with Gasteiger partial charge < -0.3 is 14.5 Å². The van der Waals surface area contributed by atoms with Crippen molar-refractivity contribution >= 4 is 17.0 Å². The Balaban J connectivity index is 1.38. The van der Waals surface area contributed by atoms with Crippen LogP contribution in [0.5, 0.6) is 5.75 Å². The Morgan fingerprint density at radius 2 is 2.00 bits per heavy atom. The summed E-state index contributed by atoms with van der Waals surface area (Å²) in [6.45, 7) is 3.90. The summed E-state index contributed by atoms with van der Waals surface area (Å²) in [4.78, 5) is 20.8. The lowest BCUT2D eigenvalue weighted by molar-refractivity contribution is -0.0272. The molecule has 2 saturated heterocycles. The molecule has 4 rings (SSSR count). The number of amides is 1. The highest BCUT2D eigenvalue weighted by Crippen LogP contribution is 2.40. The van der Waals surface area contributed by atoms with Crippen molar-refractivity contribution in [1.82, 2.24) is 14.8 Å². The summed E-state index contributed by atoms with van der Waals surface area (Å²) in [6, 6.07) is 9.47. The normalized spacial score (nSPS) is 20.5. The number of aromatic nitrogens is 1. The van der Waals surface area contributed by atoms with Crippen molar-refractivity contribution in [3.63, 3.8) is 0 Å². The van der Waals surface area contributed by atoms with Crippen LogP contribution in [0.4, 0.5) is 4.79 Å². The Labute approximate surface area is 135 Å². The highest BCUT2D eigenvalue weighted by Gasteiger charge is 2.46. The zero-order valence-corrected chi connectivity index (χ0v) is 13.4. The van der Waals surface area contributed by atoms with Gasteiger partial charge in [-0.25, -0.2) is 4.79 Å². The van der Waals surface area contributed by atoms with Crippen molar-refractivity contribution in [2.75, 3.05) is 33.2 Å². The summed E-state index contributed by atoms with van der Waals surface area (Å²) in [6.07, 6.45) is 3.85. The number of likely N-dealkylation sites (tertiary alicyclic amines) is 2. The molecule has 120 valence electrons. The van der Waals surface area contributed by atoms with Crippen LogP contribution in [-0.4, -0.2) is 54.1 Å². The summed E-state index contributed by atoms with van der Waals surface area (Å²) in [5, 5.41) is 1.04. The number of pyridine rings is 1. The maximum absolute atomic E-state index is 12.3. The number of rotatable bonds is 1. The Bertz CT molecular complexity index is 730. The first kappa shape index (κ1) is 14.5. The van der Waals surface area contributed by atoms with Crippen molar-refractivity contribution in [3.05, 3.63) is 36.5 Å². The second-order valence-electron chi connectivity index (χ2n) is 6.89. The summed E-state index contributed by atoms with van der Waals surface area (Å²) >= 11 is 0. The first-order valence-electron chi connectivity index (χ1n) is 8.14. The lowest BCUT2D eigenvalue weighted by Gasteiger charge is -2.52. The number of carbonyl (C=O) groups is 1. The zero-order chi connectivity index (χ0) is 15.9. The summed E-state index contributed by atoms with van der Waals surface area (Å²) < 4.78 is 5.52. The van der Waals surface area contributed by atoms with Gasteiger partial charge in [-0.1, -0.05) is 6.07 Å². The van der Waals surface area contributed by atoms with Gasteiger partial charge in [-0.15, -0.1) is 0 Å². The molecule has 5 nitrogen and oxygen atoms in total.